The Bertz CT molecular complexity index is 667. The van der Waals surface area contributed by atoms with Gasteiger partial charge in [0, 0.05) is 5.56 Å². The molecule has 1 amide bonds. The molecule has 0 aromatic heterocycles. The molecule has 0 saturated heterocycles. The third kappa shape index (κ3) is 6.43. The molecule has 4 nitrogen and oxygen atoms in total. The van der Waals surface area contributed by atoms with E-state index in [4.69, 9.17) is 9.47 Å². The molecule has 0 atom stereocenters. The predicted molar refractivity (Wildman–Crippen MR) is 106 cm³/mol. The van der Waals surface area contributed by atoms with Gasteiger partial charge in [-0.25, -0.2) is 0 Å². The summed E-state index contributed by atoms with van der Waals surface area (Å²) >= 11 is 0. The molecule has 0 heterocycles. The van der Waals surface area contributed by atoms with E-state index in [0.29, 0.717) is 30.2 Å². The lowest BCUT2D eigenvalue weighted by Crippen LogP contribution is -2.13. The van der Waals surface area contributed by atoms with Gasteiger partial charge in [0.25, 0.3) is 5.91 Å². The Morgan fingerprint density at radius 1 is 0.846 bits per heavy atom. The van der Waals surface area contributed by atoms with Crippen LogP contribution in [0.1, 0.15) is 56.3 Å². The van der Waals surface area contributed by atoms with Gasteiger partial charge in [-0.1, -0.05) is 45.2 Å². The molecule has 0 aliphatic rings. The second-order valence-electron chi connectivity index (χ2n) is 6.23. The number of unbranched alkanes of at least 4 members (excludes halogenated alkanes) is 3. The molecular weight excluding hydrogens is 326 g/mol. The number of hydrogen-bond acceptors (Lipinski definition) is 3. The highest BCUT2D eigenvalue weighted by atomic mass is 16.5. The van der Waals surface area contributed by atoms with Gasteiger partial charge in [0.05, 0.1) is 18.9 Å². The quantitative estimate of drug-likeness (QED) is 0.527. The van der Waals surface area contributed by atoms with Gasteiger partial charge in [-0.3, -0.25) is 4.79 Å². The van der Waals surface area contributed by atoms with Crippen molar-refractivity contribution in [3.63, 3.8) is 0 Å². The van der Waals surface area contributed by atoms with Crippen LogP contribution < -0.4 is 14.8 Å². The molecule has 0 spiro atoms. The minimum atomic E-state index is -0.158. The number of para-hydroxylation sites is 2. The van der Waals surface area contributed by atoms with Gasteiger partial charge < -0.3 is 14.8 Å². The summed E-state index contributed by atoms with van der Waals surface area (Å²) in [6.07, 6.45) is 5.45. The molecule has 0 fully saturated rings. The summed E-state index contributed by atoms with van der Waals surface area (Å²) in [5.74, 6) is 1.33. The van der Waals surface area contributed by atoms with Gasteiger partial charge in [-0.05, 0) is 49.2 Å². The van der Waals surface area contributed by atoms with Crippen molar-refractivity contribution in [2.24, 2.45) is 0 Å². The molecular formula is C22H29NO3. The molecule has 0 radical (unpaired) electrons. The van der Waals surface area contributed by atoms with Crippen LogP contribution in [0.4, 0.5) is 5.69 Å². The van der Waals surface area contributed by atoms with Crippen LogP contribution in [-0.2, 0) is 0 Å². The smallest absolute Gasteiger partial charge is 0.255 e. The van der Waals surface area contributed by atoms with Gasteiger partial charge in [0.15, 0.2) is 0 Å². The molecule has 140 valence electrons. The SMILES string of the molecule is CCCCCOc1ccc(C(=O)Nc2ccccc2OCCCC)cc1. The second-order valence-corrected chi connectivity index (χ2v) is 6.23. The highest BCUT2D eigenvalue weighted by Gasteiger charge is 2.10. The molecule has 2 aromatic carbocycles. The summed E-state index contributed by atoms with van der Waals surface area (Å²) in [6.45, 7) is 5.64. The van der Waals surface area contributed by atoms with Crippen LogP contribution in [0.25, 0.3) is 0 Å². The van der Waals surface area contributed by atoms with E-state index in [1.165, 1.54) is 12.8 Å². The lowest BCUT2D eigenvalue weighted by atomic mass is 10.2. The van der Waals surface area contributed by atoms with Crippen LogP contribution in [-0.4, -0.2) is 19.1 Å². The predicted octanol–water partition coefficient (Wildman–Crippen LogP) is 5.69. The molecule has 0 aliphatic heterocycles. The molecule has 2 rings (SSSR count). The average molecular weight is 355 g/mol. The largest absolute Gasteiger partial charge is 0.494 e. The van der Waals surface area contributed by atoms with E-state index < -0.39 is 0 Å². The highest BCUT2D eigenvalue weighted by molar-refractivity contribution is 6.05. The van der Waals surface area contributed by atoms with Crippen LogP contribution in [0.15, 0.2) is 48.5 Å². The maximum absolute atomic E-state index is 12.5. The molecule has 0 unspecified atom stereocenters. The number of hydrogen-bond donors (Lipinski definition) is 1. The fourth-order valence-electron chi connectivity index (χ4n) is 2.46. The fourth-order valence-corrected chi connectivity index (χ4v) is 2.46. The number of carbonyl (C=O) groups excluding carboxylic acids is 1. The van der Waals surface area contributed by atoms with Crippen molar-refractivity contribution in [3.8, 4) is 11.5 Å². The Balaban J connectivity index is 1.93. The summed E-state index contributed by atoms with van der Waals surface area (Å²) in [5.41, 5.74) is 1.28. The van der Waals surface area contributed by atoms with Crippen molar-refractivity contribution in [1.29, 1.82) is 0 Å². The summed E-state index contributed by atoms with van der Waals surface area (Å²) in [4.78, 5) is 12.5. The van der Waals surface area contributed by atoms with Crippen molar-refractivity contribution in [3.05, 3.63) is 54.1 Å². The van der Waals surface area contributed by atoms with E-state index in [0.717, 1.165) is 25.0 Å². The summed E-state index contributed by atoms with van der Waals surface area (Å²) < 4.78 is 11.4. The molecule has 4 heteroatoms. The zero-order valence-corrected chi connectivity index (χ0v) is 15.8. The van der Waals surface area contributed by atoms with Crippen LogP contribution >= 0.6 is 0 Å². The van der Waals surface area contributed by atoms with E-state index in [2.05, 4.69) is 19.2 Å². The van der Waals surface area contributed by atoms with E-state index in [1.807, 2.05) is 36.4 Å². The van der Waals surface area contributed by atoms with Crippen LogP contribution in [0.5, 0.6) is 11.5 Å². The summed E-state index contributed by atoms with van der Waals surface area (Å²) in [5, 5.41) is 2.93. The number of anilines is 1. The van der Waals surface area contributed by atoms with Gasteiger partial charge >= 0.3 is 0 Å². The van der Waals surface area contributed by atoms with E-state index >= 15 is 0 Å². The Labute approximate surface area is 156 Å². The molecule has 0 saturated carbocycles. The number of rotatable bonds is 11. The lowest BCUT2D eigenvalue weighted by molar-refractivity contribution is 0.102. The topological polar surface area (TPSA) is 47.6 Å². The van der Waals surface area contributed by atoms with Crippen molar-refractivity contribution >= 4 is 11.6 Å². The Kier molecular flexibility index (Phi) is 8.53. The molecule has 1 N–H and O–H groups in total. The summed E-state index contributed by atoms with van der Waals surface area (Å²) in [6, 6.07) is 14.8. The third-order valence-electron chi connectivity index (χ3n) is 4.02. The first-order chi connectivity index (χ1) is 12.7. The lowest BCUT2D eigenvalue weighted by Gasteiger charge is -2.12. The van der Waals surface area contributed by atoms with Crippen molar-refractivity contribution in [2.75, 3.05) is 18.5 Å². The number of nitrogens with one attached hydrogen (secondary N) is 1. The Morgan fingerprint density at radius 3 is 2.27 bits per heavy atom. The van der Waals surface area contributed by atoms with Crippen molar-refractivity contribution in [2.45, 2.75) is 46.0 Å². The molecule has 0 aliphatic carbocycles. The van der Waals surface area contributed by atoms with Crippen LogP contribution in [0.3, 0.4) is 0 Å². The zero-order chi connectivity index (χ0) is 18.6. The maximum atomic E-state index is 12.5. The van der Waals surface area contributed by atoms with Gasteiger partial charge in [0.2, 0.25) is 0 Å². The molecule has 2 aromatic rings. The van der Waals surface area contributed by atoms with Crippen LogP contribution in [0.2, 0.25) is 0 Å². The fraction of sp³-hybridized carbons (Fsp3) is 0.409. The van der Waals surface area contributed by atoms with Crippen molar-refractivity contribution < 1.29 is 14.3 Å². The standard InChI is InChI=1S/C22H29NO3/c1-3-5-9-17-25-19-14-12-18(13-15-19)22(24)23-20-10-7-8-11-21(20)26-16-6-4-2/h7-8,10-15H,3-6,9,16-17H2,1-2H3,(H,23,24). The normalized spacial score (nSPS) is 10.4. The molecule has 26 heavy (non-hydrogen) atoms. The third-order valence-corrected chi connectivity index (χ3v) is 4.02. The van der Waals surface area contributed by atoms with Crippen LogP contribution in [0, 0.1) is 0 Å². The van der Waals surface area contributed by atoms with Crippen molar-refractivity contribution in [1.82, 2.24) is 0 Å². The Morgan fingerprint density at radius 2 is 1.54 bits per heavy atom. The highest BCUT2D eigenvalue weighted by Crippen LogP contribution is 2.25. The minimum Gasteiger partial charge on any atom is -0.494 e. The van der Waals surface area contributed by atoms with E-state index in [-0.39, 0.29) is 5.91 Å². The first-order valence-electron chi connectivity index (χ1n) is 9.50. The number of benzene rings is 2. The first kappa shape index (κ1) is 19.8. The summed E-state index contributed by atoms with van der Waals surface area (Å²) in [7, 11) is 0. The zero-order valence-electron chi connectivity index (χ0n) is 15.8. The number of carbonyl (C=O) groups is 1. The van der Waals surface area contributed by atoms with Gasteiger partial charge in [-0.2, -0.15) is 0 Å². The van der Waals surface area contributed by atoms with E-state index in [9.17, 15) is 4.79 Å². The van der Waals surface area contributed by atoms with E-state index in [1.54, 1.807) is 12.1 Å². The van der Waals surface area contributed by atoms with Gasteiger partial charge in [-0.15, -0.1) is 0 Å². The molecule has 0 bridgehead atoms. The number of amides is 1. The van der Waals surface area contributed by atoms with Gasteiger partial charge in [0.1, 0.15) is 11.5 Å². The number of ether oxygens (including phenoxy) is 2. The monoisotopic (exact) mass is 355 g/mol. The average Bonchev–Trinajstić information content (AvgIpc) is 2.67. The first-order valence-corrected chi connectivity index (χ1v) is 9.50. The second kappa shape index (κ2) is 11.2. The minimum absolute atomic E-state index is 0.158. The Hall–Kier alpha value is -2.49. The maximum Gasteiger partial charge on any atom is 0.255 e.